The molecule has 1 aliphatic rings. The minimum absolute atomic E-state index is 0.260. The number of nitrogens with two attached hydrogens (primary N) is 1. The molecule has 1 aliphatic carbocycles. The highest BCUT2D eigenvalue weighted by atomic mass is 16.5. The fourth-order valence-electron chi connectivity index (χ4n) is 3.15. The lowest BCUT2D eigenvalue weighted by atomic mass is 9.94. The molecule has 2 heterocycles. The summed E-state index contributed by atoms with van der Waals surface area (Å²) in [6.45, 7) is 0. The number of pyridine rings is 1. The van der Waals surface area contributed by atoms with Crippen LogP contribution in [0.25, 0.3) is 10.8 Å². The van der Waals surface area contributed by atoms with E-state index >= 15 is 0 Å². The number of nitrogens with zero attached hydrogens (tertiary/aromatic N) is 3. The van der Waals surface area contributed by atoms with Crippen molar-refractivity contribution in [3.8, 4) is 5.75 Å². The van der Waals surface area contributed by atoms with Gasteiger partial charge in [-0.25, -0.2) is 9.97 Å². The van der Waals surface area contributed by atoms with E-state index in [1.54, 1.807) is 18.6 Å². The van der Waals surface area contributed by atoms with Crippen LogP contribution in [0.3, 0.4) is 0 Å². The third kappa shape index (κ3) is 3.85. The van der Waals surface area contributed by atoms with Gasteiger partial charge < -0.3 is 15.8 Å². The highest BCUT2D eigenvalue weighted by Crippen LogP contribution is 2.27. The standard InChI is InChI=1S/C19H21N5O/c20-15-2-5-16(6-3-15)25-17-4-1-13-11-23-18(10-14(13)9-17)24-19-12-21-7-8-22-19/h1,4,7-12,15-16H,2-3,5-6,20H2,(H,22,23,24). The van der Waals surface area contributed by atoms with Crippen LogP contribution < -0.4 is 15.8 Å². The first-order valence-corrected chi connectivity index (χ1v) is 8.61. The van der Waals surface area contributed by atoms with Crippen molar-refractivity contribution in [1.82, 2.24) is 15.0 Å². The number of nitrogens with one attached hydrogen (secondary N) is 1. The van der Waals surface area contributed by atoms with Crippen LogP contribution in [0.4, 0.5) is 11.6 Å². The zero-order valence-corrected chi connectivity index (χ0v) is 13.9. The van der Waals surface area contributed by atoms with Gasteiger partial charge in [0, 0.05) is 30.0 Å². The zero-order chi connectivity index (χ0) is 17.1. The molecule has 0 saturated heterocycles. The summed E-state index contributed by atoms with van der Waals surface area (Å²) in [4.78, 5) is 12.7. The molecule has 2 aromatic heterocycles. The van der Waals surface area contributed by atoms with Crippen LogP contribution in [0.2, 0.25) is 0 Å². The smallest absolute Gasteiger partial charge is 0.150 e. The third-order valence-electron chi connectivity index (χ3n) is 4.53. The fourth-order valence-corrected chi connectivity index (χ4v) is 3.15. The highest BCUT2D eigenvalue weighted by Gasteiger charge is 2.19. The van der Waals surface area contributed by atoms with Crippen LogP contribution in [-0.4, -0.2) is 27.1 Å². The molecule has 0 atom stereocenters. The minimum Gasteiger partial charge on any atom is -0.490 e. The maximum atomic E-state index is 6.15. The van der Waals surface area contributed by atoms with E-state index in [9.17, 15) is 0 Å². The molecule has 0 radical (unpaired) electrons. The largest absolute Gasteiger partial charge is 0.490 e. The summed E-state index contributed by atoms with van der Waals surface area (Å²) < 4.78 is 6.15. The predicted octanol–water partition coefficient (Wildman–Crippen LogP) is 3.42. The van der Waals surface area contributed by atoms with Crippen LogP contribution in [0.1, 0.15) is 25.7 Å². The maximum Gasteiger partial charge on any atom is 0.150 e. The Bertz CT molecular complexity index is 847. The van der Waals surface area contributed by atoms with Gasteiger partial charge in [-0.2, -0.15) is 0 Å². The minimum atomic E-state index is 0.260. The van der Waals surface area contributed by atoms with Gasteiger partial charge in [-0.1, -0.05) is 0 Å². The highest BCUT2D eigenvalue weighted by molar-refractivity contribution is 5.85. The molecule has 1 aromatic carbocycles. The van der Waals surface area contributed by atoms with E-state index < -0.39 is 0 Å². The quantitative estimate of drug-likeness (QED) is 0.760. The Hall–Kier alpha value is -2.73. The summed E-state index contributed by atoms with van der Waals surface area (Å²) in [5, 5.41) is 5.31. The number of hydrogen-bond donors (Lipinski definition) is 2. The number of hydrogen-bond acceptors (Lipinski definition) is 6. The van der Waals surface area contributed by atoms with Gasteiger partial charge in [-0.05, 0) is 55.3 Å². The normalized spacial score (nSPS) is 20.4. The van der Waals surface area contributed by atoms with Crippen molar-refractivity contribution in [3.05, 3.63) is 49.1 Å². The Morgan fingerprint density at radius 3 is 2.60 bits per heavy atom. The van der Waals surface area contributed by atoms with Gasteiger partial charge in [0.2, 0.25) is 0 Å². The van der Waals surface area contributed by atoms with E-state index in [1.165, 1.54) is 0 Å². The van der Waals surface area contributed by atoms with Gasteiger partial charge in [0.05, 0.1) is 12.3 Å². The first-order valence-electron chi connectivity index (χ1n) is 8.61. The van der Waals surface area contributed by atoms with Crippen molar-refractivity contribution in [3.63, 3.8) is 0 Å². The van der Waals surface area contributed by atoms with Crippen molar-refractivity contribution in [1.29, 1.82) is 0 Å². The molecule has 0 unspecified atom stereocenters. The van der Waals surface area contributed by atoms with E-state index in [0.29, 0.717) is 11.9 Å². The van der Waals surface area contributed by atoms with Crippen molar-refractivity contribution in [2.24, 2.45) is 5.73 Å². The monoisotopic (exact) mass is 335 g/mol. The second kappa shape index (κ2) is 7.03. The molecule has 25 heavy (non-hydrogen) atoms. The van der Waals surface area contributed by atoms with Crippen molar-refractivity contribution < 1.29 is 4.74 Å². The summed E-state index contributed by atoms with van der Waals surface area (Å²) >= 11 is 0. The first kappa shape index (κ1) is 15.8. The number of aromatic nitrogens is 3. The SMILES string of the molecule is NC1CCC(Oc2ccc3cnc(Nc4cnccn4)cc3c2)CC1. The van der Waals surface area contributed by atoms with E-state index in [2.05, 4.69) is 26.3 Å². The summed E-state index contributed by atoms with van der Waals surface area (Å²) in [6, 6.07) is 8.44. The second-order valence-electron chi connectivity index (χ2n) is 6.45. The lowest BCUT2D eigenvalue weighted by Gasteiger charge is -2.26. The molecule has 0 spiro atoms. The van der Waals surface area contributed by atoms with Gasteiger partial charge in [-0.3, -0.25) is 4.98 Å². The average molecular weight is 335 g/mol. The Kier molecular flexibility index (Phi) is 4.43. The molecule has 1 saturated carbocycles. The van der Waals surface area contributed by atoms with Crippen LogP contribution >= 0.6 is 0 Å². The summed E-state index contributed by atoms with van der Waals surface area (Å²) in [7, 11) is 0. The van der Waals surface area contributed by atoms with E-state index in [4.69, 9.17) is 10.5 Å². The second-order valence-corrected chi connectivity index (χ2v) is 6.45. The van der Waals surface area contributed by atoms with Gasteiger partial charge in [0.25, 0.3) is 0 Å². The Balaban J connectivity index is 1.52. The number of rotatable bonds is 4. The number of anilines is 2. The molecule has 128 valence electrons. The fraction of sp³-hybridized carbons (Fsp3) is 0.316. The van der Waals surface area contributed by atoms with Gasteiger partial charge in [-0.15, -0.1) is 0 Å². The van der Waals surface area contributed by atoms with Crippen LogP contribution in [0, 0.1) is 0 Å². The zero-order valence-electron chi connectivity index (χ0n) is 13.9. The number of benzene rings is 1. The summed E-state index contributed by atoms with van der Waals surface area (Å²) in [5.74, 6) is 2.29. The lowest BCUT2D eigenvalue weighted by Crippen LogP contribution is -2.31. The molecule has 6 nitrogen and oxygen atoms in total. The van der Waals surface area contributed by atoms with E-state index in [0.717, 1.165) is 48.0 Å². The van der Waals surface area contributed by atoms with E-state index in [1.807, 2.05) is 24.4 Å². The van der Waals surface area contributed by atoms with Crippen LogP contribution in [0.15, 0.2) is 49.1 Å². The van der Waals surface area contributed by atoms with Crippen LogP contribution in [0.5, 0.6) is 5.75 Å². The van der Waals surface area contributed by atoms with Crippen molar-refractivity contribution >= 4 is 22.4 Å². The molecule has 0 aliphatic heterocycles. The van der Waals surface area contributed by atoms with Gasteiger partial charge >= 0.3 is 0 Å². The molecule has 3 N–H and O–H groups in total. The van der Waals surface area contributed by atoms with E-state index in [-0.39, 0.29) is 6.10 Å². The Morgan fingerprint density at radius 1 is 0.920 bits per heavy atom. The molecule has 6 heteroatoms. The molecule has 1 fully saturated rings. The predicted molar refractivity (Wildman–Crippen MR) is 97.9 cm³/mol. The van der Waals surface area contributed by atoms with Crippen LogP contribution in [-0.2, 0) is 0 Å². The molecule has 3 aromatic rings. The van der Waals surface area contributed by atoms with Crippen molar-refractivity contribution in [2.45, 2.75) is 37.8 Å². The Labute approximate surface area is 146 Å². The number of fused-ring (bicyclic) bond motifs is 1. The van der Waals surface area contributed by atoms with Crippen molar-refractivity contribution in [2.75, 3.05) is 5.32 Å². The average Bonchev–Trinajstić information content (AvgIpc) is 2.64. The van der Waals surface area contributed by atoms with Gasteiger partial charge in [0.15, 0.2) is 0 Å². The van der Waals surface area contributed by atoms with Gasteiger partial charge in [0.1, 0.15) is 17.4 Å². The molecule has 0 amide bonds. The topological polar surface area (TPSA) is 86.0 Å². The maximum absolute atomic E-state index is 6.15. The molecular weight excluding hydrogens is 314 g/mol. The number of ether oxygens (including phenoxy) is 1. The Morgan fingerprint density at radius 2 is 1.80 bits per heavy atom. The summed E-state index contributed by atoms with van der Waals surface area (Å²) in [5.41, 5.74) is 5.97. The summed E-state index contributed by atoms with van der Waals surface area (Å²) in [6.07, 6.45) is 11.2. The molecule has 0 bridgehead atoms. The third-order valence-corrected chi connectivity index (χ3v) is 4.53. The molecular formula is C19H21N5O. The molecule has 4 rings (SSSR count). The lowest BCUT2D eigenvalue weighted by molar-refractivity contribution is 0.147. The first-order chi connectivity index (χ1) is 12.3.